The summed E-state index contributed by atoms with van der Waals surface area (Å²) >= 11 is 0. The highest BCUT2D eigenvalue weighted by Gasteiger charge is 2.28. The highest BCUT2D eigenvalue weighted by molar-refractivity contribution is 4.92. The highest BCUT2D eigenvalue weighted by Crippen LogP contribution is 2.21. The van der Waals surface area contributed by atoms with Gasteiger partial charge in [0.1, 0.15) is 0 Å². The van der Waals surface area contributed by atoms with Crippen LogP contribution in [0.3, 0.4) is 0 Å². The molecule has 0 aliphatic rings. The van der Waals surface area contributed by atoms with Crippen molar-refractivity contribution in [2.45, 2.75) is 38.0 Å². The van der Waals surface area contributed by atoms with E-state index in [0.717, 1.165) is 0 Å². The first-order valence-corrected chi connectivity index (χ1v) is 5.02. The summed E-state index contributed by atoms with van der Waals surface area (Å²) in [5.74, 6) is 0.0581. The SMILES string of the molecule is CC(O)(CN)Cc1nc(CCC(F)(F)F)no1. The molecule has 0 saturated carbocycles. The predicted molar refractivity (Wildman–Crippen MR) is 52.1 cm³/mol. The lowest BCUT2D eigenvalue weighted by atomic mass is 10.0. The number of halogens is 3. The second kappa shape index (κ2) is 5.01. The average molecular weight is 253 g/mol. The zero-order chi connectivity index (χ0) is 13.1. The first-order chi connectivity index (χ1) is 7.72. The van der Waals surface area contributed by atoms with Gasteiger partial charge in [-0.2, -0.15) is 18.2 Å². The molecule has 0 amide bonds. The third kappa shape index (κ3) is 5.14. The molecule has 1 unspecified atom stereocenters. The Hall–Kier alpha value is -1.15. The second-order valence-electron chi connectivity index (χ2n) is 4.10. The van der Waals surface area contributed by atoms with Crippen LogP contribution in [0.25, 0.3) is 0 Å². The summed E-state index contributed by atoms with van der Waals surface area (Å²) in [4.78, 5) is 3.75. The molecule has 3 N–H and O–H groups in total. The maximum Gasteiger partial charge on any atom is 0.389 e. The number of aryl methyl sites for hydroxylation is 1. The van der Waals surface area contributed by atoms with E-state index in [-0.39, 0.29) is 31.1 Å². The number of hydrogen-bond donors (Lipinski definition) is 2. The smallest absolute Gasteiger partial charge is 0.388 e. The maximum absolute atomic E-state index is 11.9. The van der Waals surface area contributed by atoms with E-state index >= 15 is 0 Å². The predicted octanol–water partition coefficient (Wildman–Crippen LogP) is 0.817. The van der Waals surface area contributed by atoms with Crippen LogP contribution in [-0.4, -0.2) is 33.6 Å². The molecular weight excluding hydrogens is 239 g/mol. The molecular formula is C9H14F3N3O2. The molecule has 98 valence electrons. The van der Waals surface area contributed by atoms with Gasteiger partial charge in [0, 0.05) is 13.0 Å². The quantitative estimate of drug-likeness (QED) is 0.811. The van der Waals surface area contributed by atoms with Crippen LogP contribution in [0.2, 0.25) is 0 Å². The second-order valence-corrected chi connectivity index (χ2v) is 4.10. The standard InChI is InChI=1S/C9H14F3N3O2/c1-8(16,5-13)4-7-14-6(15-17-7)2-3-9(10,11)12/h16H,2-5,13H2,1H3. The molecule has 0 aliphatic heterocycles. The Balaban J connectivity index is 2.54. The van der Waals surface area contributed by atoms with Crippen molar-refractivity contribution in [1.29, 1.82) is 0 Å². The van der Waals surface area contributed by atoms with Gasteiger partial charge in [0.05, 0.1) is 18.4 Å². The van der Waals surface area contributed by atoms with E-state index in [4.69, 9.17) is 10.3 Å². The van der Waals surface area contributed by atoms with E-state index < -0.39 is 18.2 Å². The molecule has 17 heavy (non-hydrogen) atoms. The Kier molecular flexibility index (Phi) is 4.10. The highest BCUT2D eigenvalue weighted by atomic mass is 19.4. The van der Waals surface area contributed by atoms with E-state index in [1.165, 1.54) is 6.92 Å². The Morgan fingerprint density at radius 1 is 1.41 bits per heavy atom. The summed E-state index contributed by atoms with van der Waals surface area (Å²) < 4.78 is 40.5. The maximum atomic E-state index is 11.9. The zero-order valence-corrected chi connectivity index (χ0v) is 9.29. The number of aliphatic hydroxyl groups is 1. The van der Waals surface area contributed by atoms with Crippen molar-refractivity contribution in [1.82, 2.24) is 10.1 Å². The molecule has 0 saturated heterocycles. The van der Waals surface area contributed by atoms with Crippen LogP contribution >= 0.6 is 0 Å². The van der Waals surface area contributed by atoms with Gasteiger partial charge in [-0.15, -0.1) is 0 Å². The monoisotopic (exact) mass is 253 g/mol. The Labute approximate surface area is 95.8 Å². The van der Waals surface area contributed by atoms with E-state index in [2.05, 4.69) is 10.1 Å². The van der Waals surface area contributed by atoms with Gasteiger partial charge in [-0.1, -0.05) is 5.16 Å². The topological polar surface area (TPSA) is 85.2 Å². The summed E-state index contributed by atoms with van der Waals surface area (Å²) in [5.41, 5.74) is 4.09. The molecule has 1 atom stereocenters. The molecule has 0 radical (unpaired) electrons. The summed E-state index contributed by atoms with van der Waals surface area (Å²) in [7, 11) is 0. The van der Waals surface area contributed by atoms with E-state index in [1.54, 1.807) is 0 Å². The lowest BCUT2D eigenvalue weighted by molar-refractivity contribution is -0.134. The van der Waals surface area contributed by atoms with E-state index in [1.807, 2.05) is 0 Å². The first kappa shape index (κ1) is 13.9. The van der Waals surface area contributed by atoms with Gasteiger partial charge in [0.15, 0.2) is 5.82 Å². The normalized spacial score (nSPS) is 15.9. The molecule has 8 heteroatoms. The van der Waals surface area contributed by atoms with E-state index in [0.29, 0.717) is 0 Å². The molecule has 1 rings (SSSR count). The van der Waals surface area contributed by atoms with Crippen molar-refractivity contribution in [3.05, 3.63) is 11.7 Å². The van der Waals surface area contributed by atoms with Crippen LogP contribution in [0.4, 0.5) is 13.2 Å². The third-order valence-electron chi connectivity index (χ3n) is 2.11. The van der Waals surface area contributed by atoms with Crippen molar-refractivity contribution in [2.24, 2.45) is 5.73 Å². The zero-order valence-electron chi connectivity index (χ0n) is 9.29. The number of nitrogens with two attached hydrogens (primary N) is 1. The molecule has 0 spiro atoms. The van der Waals surface area contributed by atoms with Gasteiger partial charge in [-0.3, -0.25) is 0 Å². The van der Waals surface area contributed by atoms with Crippen LogP contribution in [0.1, 0.15) is 25.1 Å². The molecule has 0 aliphatic carbocycles. The Morgan fingerprint density at radius 2 is 2.06 bits per heavy atom. The van der Waals surface area contributed by atoms with Crippen LogP contribution in [0.15, 0.2) is 4.52 Å². The molecule has 0 fully saturated rings. The molecule has 0 aromatic carbocycles. The van der Waals surface area contributed by atoms with Gasteiger partial charge < -0.3 is 15.4 Å². The fourth-order valence-corrected chi connectivity index (χ4v) is 1.11. The van der Waals surface area contributed by atoms with Crippen molar-refractivity contribution >= 4 is 0 Å². The molecule has 1 heterocycles. The van der Waals surface area contributed by atoms with Gasteiger partial charge in [0.25, 0.3) is 0 Å². The lowest BCUT2D eigenvalue weighted by Crippen LogP contribution is -2.36. The molecule has 1 aromatic rings. The Morgan fingerprint density at radius 3 is 2.59 bits per heavy atom. The number of alkyl halides is 3. The largest absolute Gasteiger partial charge is 0.389 e. The van der Waals surface area contributed by atoms with Crippen molar-refractivity contribution in [3.63, 3.8) is 0 Å². The van der Waals surface area contributed by atoms with Crippen molar-refractivity contribution in [2.75, 3.05) is 6.54 Å². The summed E-state index contributed by atoms with van der Waals surface area (Å²) in [5, 5.41) is 13.0. The summed E-state index contributed by atoms with van der Waals surface area (Å²) in [6.07, 6.45) is -5.57. The Bertz CT molecular complexity index is 363. The van der Waals surface area contributed by atoms with E-state index in [9.17, 15) is 18.3 Å². The third-order valence-corrected chi connectivity index (χ3v) is 2.11. The number of rotatable bonds is 5. The van der Waals surface area contributed by atoms with Gasteiger partial charge in [-0.05, 0) is 6.92 Å². The number of hydrogen-bond acceptors (Lipinski definition) is 5. The fraction of sp³-hybridized carbons (Fsp3) is 0.778. The fourth-order valence-electron chi connectivity index (χ4n) is 1.11. The first-order valence-electron chi connectivity index (χ1n) is 5.02. The van der Waals surface area contributed by atoms with Crippen molar-refractivity contribution < 1.29 is 22.8 Å². The average Bonchev–Trinajstić information content (AvgIpc) is 2.61. The minimum absolute atomic E-state index is 0.00668. The van der Waals surface area contributed by atoms with Crippen LogP contribution in [0, 0.1) is 0 Å². The summed E-state index contributed by atoms with van der Waals surface area (Å²) in [6.45, 7) is 1.47. The molecule has 0 bridgehead atoms. The summed E-state index contributed by atoms with van der Waals surface area (Å²) in [6, 6.07) is 0. The van der Waals surface area contributed by atoms with Gasteiger partial charge in [-0.25, -0.2) is 0 Å². The lowest BCUT2D eigenvalue weighted by Gasteiger charge is -2.17. The van der Waals surface area contributed by atoms with Gasteiger partial charge >= 0.3 is 6.18 Å². The number of nitrogens with zero attached hydrogens (tertiary/aromatic N) is 2. The van der Waals surface area contributed by atoms with Gasteiger partial charge in [0.2, 0.25) is 5.89 Å². The molecule has 5 nitrogen and oxygen atoms in total. The van der Waals surface area contributed by atoms with Crippen molar-refractivity contribution in [3.8, 4) is 0 Å². The molecule has 1 aromatic heterocycles. The number of aromatic nitrogens is 2. The van der Waals surface area contributed by atoms with Crippen LogP contribution in [-0.2, 0) is 12.8 Å². The minimum Gasteiger partial charge on any atom is -0.388 e. The van der Waals surface area contributed by atoms with Crippen LogP contribution < -0.4 is 5.73 Å². The van der Waals surface area contributed by atoms with Crippen LogP contribution in [0.5, 0.6) is 0 Å². The minimum atomic E-state index is -4.25.